The predicted molar refractivity (Wildman–Crippen MR) is 105 cm³/mol. The van der Waals surface area contributed by atoms with E-state index >= 15 is 0 Å². The lowest BCUT2D eigenvalue weighted by molar-refractivity contribution is 0.114. The van der Waals surface area contributed by atoms with E-state index in [1.54, 1.807) is 6.20 Å². The van der Waals surface area contributed by atoms with E-state index in [4.69, 9.17) is 11.6 Å². The second-order valence-corrected chi connectivity index (χ2v) is 8.21. The van der Waals surface area contributed by atoms with Crippen LogP contribution in [-0.4, -0.2) is 34.6 Å². The van der Waals surface area contributed by atoms with Gasteiger partial charge in [-0.25, -0.2) is 0 Å². The molecule has 0 unspecified atom stereocenters. The number of pyridine rings is 1. The molecule has 1 N–H and O–H groups in total. The fourth-order valence-electron chi connectivity index (χ4n) is 4.63. The Kier molecular flexibility index (Phi) is 5.58. The SMILES string of the molecule is O[C@H]1C[C@H](CN2CCC(c3ccccc3Cl)CC2)CCc2cccnc21. The van der Waals surface area contributed by atoms with Gasteiger partial charge in [0.15, 0.2) is 0 Å². The average molecular weight is 371 g/mol. The van der Waals surface area contributed by atoms with Crippen molar-refractivity contribution in [3.63, 3.8) is 0 Å². The first-order valence-electron chi connectivity index (χ1n) is 9.79. The summed E-state index contributed by atoms with van der Waals surface area (Å²) in [5.41, 5.74) is 3.42. The smallest absolute Gasteiger partial charge is 0.0965 e. The van der Waals surface area contributed by atoms with Gasteiger partial charge in [-0.2, -0.15) is 0 Å². The van der Waals surface area contributed by atoms with Crippen LogP contribution >= 0.6 is 11.6 Å². The van der Waals surface area contributed by atoms with Gasteiger partial charge in [-0.3, -0.25) is 4.98 Å². The Hall–Kier alpha value is -1.42. The van der Waals surface area contributed by atoms with Crippen molar-refractivity contribution >= 4 is 11.6 Å². The number of likely N-dealkylation sites (tertiary alicyclic amines) is 1. The minimum absolute atomic E-state index is 0.417. The molecule has 1 aromatic carbocycles. The third-order valence-corrected chi connectivity index (χ3v) is 6.41. The summed E-state index contributed by atoms with van der Waals surface area (Å²) in [5, 5.41) is 11.5. The van der Waals surface area contributed by atoms with Gasteiger partial charge in [-0.1, -0.05) is 35.9 Å². The summed E-state index contributed by atoms with van der Waals surface area (Å²) in [6.45, 7) is 3.32. The molecule has 4 rings (SSSR count). The van der Waals surface area contributed by atoms with Crippen LogP contribution in [0.15, 0.2) is 42.6 Å². The van der Waals surface area contributed by atoms with Gasteiger partial charge in [0.05, 0.1) is 11.8 Å². The van der Waals surface area contributed by atoms with E-state index in [1.807, 2.05) is 18.2 Å². The third-order valence-electron chi connectivity index (χ3n) is 6.07. The fraction of sp³-hybridized carbons (Fsp3) is 0.500. The second-order valence-electron chi connectivity index (χ2n) is 7.80. The molecular weight excluding hydrogens is 344 g/mol. The van der Waals surface area contributed by atoms with Gasteiger partial charge in [0.1, 0.15) is 0 Å². The highest BCUT2D eigenvalue weighted by Crippen LogP contribution is 2.35. The highest BCUT2D eigenvalue weighted by molar-refractivity contribution is 6.31. The molecule has 2 aliphatic rings. The van der Waals surface area contributed by atoms with Crippen LogP contribution < -0.4 is 0 Å². The molecule has 0 bridgehead atoms. The van der Waals surface area contributed by atoms with Crippen LogP contribution in [0.4, 0.5) is 0 Å². The quantitative estimate of drug-likeness (QED) is 0.802. The van der Waals surface area contributed by atoms with E-state index in [1.165, 1.54) is 24.0 Å². The third kappa shape index (κ3) is 3.95. The molecule has 138 valence electrons. The number of piperidine rings is 1. The van der Waals surface area contributed by atoms with Crippen molar-refractivity contribution in [1.82, 2.24) is 9.88 Å². The summed E-state index contributed by atoms with van der Waals surface area (Å²) in [7, 11) is 0. The molecular formula is C22H27ClN2O. The number of hydrogen-bond donors (Lipinski definition) is 1. The zero-order chi connectivity index (χ0) is 17.9. The summed E-state index contributed by atoms with van der Waals surface area (Å²) in [6, 6.07) is 12.4. The van der Waals surface area contributed by atoms with E-state index < -0.39 is 6.10 Å². The lowest BCUT2D eigenvalue weighted by atomic mass is 9.88. The fourth-order valence-corrected chi connectivity index (χ4v) is 4.92. The molecule has 1 aliphatic heterocycles. The molecule has 1 saturated heterocycles. The van der Waals surface area contributed by atoms with E-state index in [-0.39, 0.29) is 0 Å². The zero-order valence-corrected chi connectivity index (χ0v) is 15.9. The van der Waals surface area contributed by atoms with Crippen LogP contribution in [0.3, 0.4) is 0 Å². The Bertz CT molecular complexity index is 742. The molecule has 1 aliphatic carbocycles. The maximum Gasteiger partial charge on any atom is 0.0965 e. The normalized spacial score (nSPS) is 24.8. The first kappa shape index (κ1) is 18.0. The minimum atomic E-state index is -0.417. The molecule has 0 amide bonds. The largest absolute Gasteiger partial charge is 0.387 e. The average Bonchev–Trinajstić information content (AvgIpc) is 2.82. The molecule has 2 atom stereocenters. The van der Waals surface area contributed by atoms with Gasteiger partial charge in [-0.05, 0) is 80.3 Å². The van der Waals surface area contributed by atoms with Gasteiger partial charge in [0, 0.05) is 17.8 Å². The standard InChI is InChI=1S/C22H27ClN2O/c23-20-6-2-1-5-19(20)17-9-12-25(13-10-17)15-16-7-8-18-4-3-11-24-22(18)21(26)14-16/h1-6,11,16-17,21,26H,7-10,12-15H2/t16-,21+/m1/s1. The Labute approximate surface area is 161 Å². The number of nitrogens with zero attached hydrogens (tertiary/aromatic N) is 2. The summed E-state index contributed by atoms with van der Waals surface area (Å²) in [4.78, 5) is 6.99. The molecule has 1 aromatic heterocycles. The molecule has 26 heavy (non-hydrogen) atoms. The number of fused-ring (bicyclic) bond motifs is 1. The number of benzene rings is 1. The zero-order valence-electron chi connectivity index (χ0n) is 15.1. The maximum absolute atomic E-state index is 10.6. The predicted octanol–water partition coefficient (Wildman–Crippen LogP) is 4.60. The summed E-state index contributed by atoms with van der Waals surface area (Å²) >= 11 is 6.38. The van der Waals surface area contributed by atoms with Gasteiger partial charge in [0.25, 0.3) is 0 Å². The summed E-state index contributed by atoms with van der Waals surface area (Å²) in [5.74, 6) is 1.11. The van der Waals surface area contributed by atoms with E-state index in [0.717, 1.165) is 49.6 Å². The van der Waals surface area contributed by atoms with E-state index in [2.05, 4.69) is 28.1 Å². The summed E-state index contributed by atoms with van der Waals surface area (Å²) in [6.07, 6.45) is 6.71. The molecule has 1 fully saturated rings. The number of aryl methyl sites for hydroxylation is 1. The number of aliphatic hydroxyl groups is 1. The van der Waals surface area contributed by atoms with Crippen LogP contribution in [0.1, 0.15) is 54.5 Å². The first-order chi connectivity index (χ1) is 12.7. The van der Waals surface area contributed by atoms with Gasteiger partial charge >= 0.3 is 0 Å². The second kappa shape index (κ2) is 8.08. The number of rotatable bonds is 3. The highest BCUT2D eigenvalue weighted by Gasteiger charge is 2.28. The Morgan fingerprint density at radius 2 is 1.88 bits per heavy atom. The number of halogens is 1. The highest BCUT2D eigenvalue weighted by atomic mass is 35.5. The van der Waals surface area contributed by atoms with Crippen LogP contribution in [-0.2, 0) is 6.42 Å². The lowest BCUT2D eigenvalue weighted by Gasteiger charge is -2.34. The van der Waals surface area contributed by atoms with Crippen LogP contribution in [0.25, 0.3) is 0 Å². The number of hydrogen-bond acceptors (Lipinski definition) is 3. The molecule has 0 saturated carbocycles. The van der Waals surface area contributed by atoms with Crippen molar-refractivity contribution in [2.24, 2.45) is 5.92 Å². The van der Waals surface area contributed by atoms with Crippen molar-refractivity contribution in [2.75, 3.05) is 19.6 Å². The molecule has 2 heterocycles. The number of aromatic nitrogens is 1. The van der Waals surface area contributed by atoms with Crippen molar-refractivity contribution < 1.29 is 5.11 Å². The molecule has 4 heteroatoms. The van der Waals surface area contributed by atoms with Crippen LogP contribution in [0.5, 0.6) is 0 Å². The van der Waals surface area contributed by atoms with Crippen molar-refractivity contribution in [1.29, 1.82) is 0 Å². The van der Waals surface area contributed by atoms with Crippen molar-refractivity contribution in [3.05, 3.63) is 64.4 Å². The minimum Gasteiger partial charge on any atom is -0.387 e. The van der Waals surface area contributed by atoms with Gasteiger partial charge in [-0.15, -0.1) is 0 Å². The van der Waals surface area contributed by atoms with E-state index in [0.29, 0.717) is 11.8 Å². The number of aliphatic hydroxyl groups excluding tert-OH is 1. The van der Waals surface area contributed by atoms with E-state index in [9.17, 15) is 5.11 Å². The van der Waals surface area contributed by atoms with Crippen LogP contribution in [0.2, 0.25) is 5.02 Å². The Morgan fingerprint density at radius 3 is 2.69 bits per heavy atom. The molecule has 2 aromatic rings. The van der Waals surface area contributed by atoms with Gasteiger partial charge in [0.2, 0.25) is 0 Å². The topological polar surface area (TPSA) is 36.4 Å². The molecule has 3 nitrogen and oxygen atoms in total. The Balaban J connectivity index is 1.33. The van der Waals surface area contributed by atoms with Gasteiger partial charge < -0.3 is 10.0 Å². The molecule has 0 radical (unpaired) electrons. The van der Waals surface area contributed by atoms with Crippen molar-refractivity contribution in [3.8, 4) is 0 Å². The first-order valence-corrected chi connectivity index (χ1v) is 10.2. The van der Waals surface area contributed by atoms with Crippen LogP contribution in [0, 0.1) is 5.92 Å². The lowest BCUT2D eigenvalue weighted by Crippen LogP contribution is -2.37. The van der Waals surface area contributed by atoms with Crippen molar-refractivity contribution in [2.45, 2.75) is 44.1 Å². The maximum atomic E-state index is 10.6. The monoisotopic (exact) mass is 370 g/mol. The Morgan fingerprint density at radius 1 is 1.08 bits per heavy atom. The summed E-state index contributed by atoms with van der Waals surface area (Å²) < 4.78 is 0. The molecule has 0 spiro atoms.